The van der Waals surface area contributed by atoms with E-state index in [-0.39, 0.29) is 54.1 Å². The fourth-order valence-corrected chi connectivity index (χ4v) is 13.7. The van der Waals surface area contributed by atoms with Gasteiger partial charge in [0.2, 0.25) is 17.7 Å². The van der Waals surface area contributed by atoms with Gasteiger partial charge in [0.15, 0.2) is 0 Å². The molecule has 2 saturated carbocycles. The van der Waals surface area contributed by atoms with E-state index in [0.29, 0.717) is 75.0 Å². The number of halogens is 1. The van der Waals surface area contributed by atoms with Crippen LogP contribution in [-0.2, 0) is 23.9 Å². The number of piperidine rings is 3. The number of fused-ring (bicyclic) bond motifs is 1. The second-order valence-corrected chi connectivity index (χ2v) is 27.8. The maximum Gasteiger partial charge on any atom is 0.411 e. The summed E-state index contributed by atoms with van der Waals surface area (Å²) in [5, 5.41) is 11.2. The van der Waals surface area contributed by atoms with Crippen molar-refractivity contribution in [2.24, 2.45) is 11.8 Å². The first-order valence-electron chi connectivity index (χ1n) is 32.2. The quantitative estimate of drug-likeness (QED) is 0.0732. The minimum absolute atomic E-state index is 0.00415. The summed E-state index contributed by atoms with van der Waals surface area (Å²) in [5.41, 5.74) is 0.542. The Bertz CT molecular complexity index is 3020. The molecule has 21 heteroatoms. The first-order chi connectivity index (χ1) is 41.7. The summed E-state index contributed by atoms with van der Waals surface area (Å²) >= 11 is 6.39. The molecule has 4 aliphatic heterocycles. The van der Waals surface area contributed by atoms with Gasteiger partial charge in [-0.3, -0.25) is 24.1 Å². The molecule has 2 aromatic heterocycles. The van der Waals surface area contributed by atoms with Crippen molar-refractivity contribution in [1.82, 2.24) is 55.4 Å². The third-order valence-electron chi connectivity index (χ3n) is 18.6. The zero-order chi connectivity index (χ0) is 61.5. The molecule has 0 bridgehead atoms. The molecule has 1 unspecified atom stereocenters. The molecule has 10 rings (SSSR count). The van der Waals surface area contributed by atoms with Crippen molar-refractivity contribution in [2.75, 3.05) is 90.0 Å². The fourth-order valence-electron chi connectivity index (χ4n) is 13.6. The molecule has 4 saturated heterocycles. The van der Waals surface area contributed by atoms with Crippen LogP contribution >= 0.6 is 11.6 Å². The fraction of sp³-hybridized carbons (Fsp3) is 0.636. The molecule has 0 radical (unpaired) electrons. The van der Waals surface area contributed by atoms with Crippen molar-refractivity contribution < 1.29 is 38.2 Å². The zero-order valence-corrected chi connectivity index (χ0v) is 52.9. The summed E-state index contributed by atoms with van der Waals surface area (Å²) in [6.45, 7) is 19.7. The van der Waals surface area contributed by atoms with Crippen LogP contribution in [0.5, 0.6) is 0 Å². The molecule has 4 aromatic rings. The summed E-state index contributed by atoms with van der Waals surface area (Å²) in [7, 11) is 0. The van der Waals surface area contributed by atoms with E-state index in [9.17, 15) is 28.8 Å². The largest absolute Gasteiger partial charge is 0.444 e. The number of ether oxygens (including phenoxy) is 2. The van der Waals surface area contributed by atoms with Crippen LogP contribution < -0.4 is 20.9 Å². The molecule has 3 atom stereocenters. The van der Waals surface area contributed by atoms with Gasteiger partial charge in [0.1, 0.15) is 47.1 Å². The number of hydrogen-bond donors (Lipinski definition) is 4. The molecule has 87 heavy (non-hydrogen) atoms. The van der Waals surface area contributed by atoms with E-state index in [2.05, 4.69) is 45.6 Å². The first-order valence-corrected chi connectivity index (χ1v) is 32.6. The van der Waals surface area contributed by atoms with Gasteiger partial charge in [-0.2, -0.15) is 0 Å². The van der Waals surface area contributed by atoms with Gasteiger partial charge < -0.3 is 54.9 Å². The molecule has 2 aromatic carbocycles. The number of likely N-dealkylation sites (tertiary alicyclic amines) is 2. The Kier molecular flexibility index (Phi) is 20.4. The second-order valence-electron chi connectivity index (χ2n) is 27.4. The number of aromatic amines is 1. The van der Waals surface area contributed by atoms with Gasteiger partial charge in [-0.25, -0.2) is 19.6 Å². The number of nitrogens with one attached hydrogen (secondary N) is 4. The number of hydrogen-bond acceptors (Lipinski definition) is 13. The van der Waals surface area contributed by atoms with Crippen LogP contribution in [0.25, 0.3) is 11.0 Å². The van der Waals surface area contributed by atoms with Crippen molar-refractivity contribution in [3.8, 4) is 0 Å². The summed E-state index contributed by atoms with van der Waals surface area (Å²) in [4.78, 5) is 109. The molecule has 472 valence electrons. The third kappa shape index (κ3) is 16.8. The van der Waals surface area contributed by atoms with Crippen LogP contribution in [0, 0.1) is 11.8 Å². The SMILES string of the molecule is CC(C)(C)OC(=O)NC1(C(=O)N[C@@H](CCN2CCN(CC3CCN(C(=O)[C@H](NC(=O)c4cccc(C5CCCN(C(=O)CN(C(=O)OC(C)(C)C)C6CC6)C5)c4)C4CCCCC4)CC3)CC2)c2ccc(Cl)cc2)CCN(c2ncnc3[nH]ccc23)CC1. The van der Waals surface area contributed by atoms with Gasteiger partial charge in [-0.1, -0.05) is 55.1 Å². The minimum Gasteiger partial charge on any atom is -0.444 e. The Labute approximate surface area is 518 Å². The van der Waals surface area contributed by atoms with E-state index in [0.717, 1.165) is 138 Å². The monoisotopic (exact) mass is 1220 g/mol. The first kappa shape index (κ1) is 63.5. The molecule has 2 aliphatic carbocycles. The second kappa shape index (κ2) is 27.9. The lowest BCUT2D eigenvalue weighted by atomic mass is 9.82. The number of piperazine rings is 1. The Morgan fingerprint density at radius 2 is 1.45 bits per heavy atom. The van der Waals surface area contributed by atoms with E-state index in [4.69, 9.17) is 21.1 Å². The van der Waals surface area contributed by atoms with E-state index >= 15 is 0 Å². The number of nitrogens with zero attached hydrogens (tertiary/aromatic N) is 8. The topological polar surface area (TPSA) is 218 Å². The third-order valence-corrected chi connectivity index (χ3v) is 18.9. The van der Waals surface area contributed by atoms with Crippen LogP contribution in [-0.4, -0.2) is 189 Å². The lowest BCUT2D eigenvalue weighted by molar-refractivity contribution is -0.136. The van der Waals surface area contributed by atoms with Crippen LogP contribution in [0.2, 0.25) is 5.02 Å². The average molecular weight is 1220 g/mol. The van der Waals surface area contributed by atoms with Crippen molar-refractivity contribution in [1.29, 1.82) is 0 Å². The molecule has 6 heterocycles. The van der Waals surface area contributed by atoms with Gasteiger partial charge in [-0.15, -0.1) is 0 Å². The van der Waals surface area contributed by atoms with Crippen molar-refractivity contribution in [3.05, 3.63) is 88.8 Å². The Balaban J connectivity index is 0.707. The van der Waals surface area contributed by atoms with E-state index in [1.807, 2.05) is 112 Å². The Morgan fingerprint density at radius 3 is 2.14 bits per heavy atom. The number of anilines is 1. The average Bonchev–Trinajstić information content (AvgIpc) is 2.56. The predicted octanol–water partition coefficient (Wildman–Crippen LogP) is 9.06. The number of aromatic nitrogens is 3. The number of rotatable bonds is 18. The van der Waals surface area contributed by atoms with Gasteiger partial charge in [0, 0.05) is 107 Å². The molecule has 6 amide bonds. The van der Waals surface area contributed by atoms with Crippen LogP contribution in [0.4, 0.5) is 15.4 Å². The number of amides is 6. The number of carbonyl (C=O) groups excluding carboxylic acids is 6. The normalized spacial score (nSPS) is 21.0. The highest BCUT2D eigenvalue weighted by Crippen LogP contribution is 2.35. The molecule has 20 nitrogen and oxygen atoms in total. The molecular weight excluding hydrogens is 1120 g/mol. The van der Waals surface area contributed by atoms with Crippen molar-refractivity contribution in [2.45, 2.75) is 172 Å². The van der Waals surface area contributed by atoms with Crippen molar-refractivity contribution in [3.63, 3.8) is 0 Å². The van der Waals surface area contributed by atoms with Gasteiger partial charge in [-0.05, 0) is 165 Å². The molecule has 0 spiro atoms. The zero-order valence-electron chi connectivity index (χ0n) is 52.1. The lowest BCUT2D eigenvalue weighted by Gasteiger charge is -2.42. The van der Waals surface area contributed by atoms with Gasteiger partial charge in [0.25, 0.3) is 5.91 Å². The summed E-state index contributed by atoms with van der Waals surface area (Å²) in [5.74, 6) is 0.782. The lowest BCUT2D eigenvalue weighted by Crippen LogP contribution is -2.64. The highest BCUT2D eigenvalue weighted by molar-refractivity contribution is 6.30. The highest BCUT2D eigenvalue weighted by atomic mass is 35.5. The van der Waals surface area contributed by atoms with Gasteiger partial charge >= 0.3 is 12.2 Å². The number of H-pyrrole nitrogens is 1. The van der Waals surface area contributed by atoms with E-state index in [1.165, 1.54) is 6.33 Å². The number of benzene rings is 2. The smallest absolute Gasteiger partial charge is 0.411 e. The summed E-state index contributed by atoms with van der Waals surface area (Å²) in [6, 6.07) is 16.4. The molecule has 6 fully saturated rings. The Hall–Kier alpha value is -6.51. The molecule has 6 aliphatic rings. The number of alkyl carbamates (subject to hydrolysis) is 1. The van der Waals surface area contributed by atoms with Gasteiger partial charge in [0.05, 0.1) is 11.4 Å². The summed E-state index contributed by atoms with van der Waals surface area (Å²) in [6.07, 6.45) is 13.9. The van der Waals surface area contributed by atoms with Crippen molar-refractivity contribution >= 4 is 64.3 Å². The molecular formula is C66H93ClN12O8. The minimum atomic E-state index is -1.23. The molecule has 4 N–H and O–H groups in total. The number of carbonyl (C=O) groups is 6. The van der Waals surface area contributed by atoms with E-state index in [1.54, 1.807) is 4.90 Å². The predicted molar refractivity (Wildman–Crippen MR) is 335 cm³/mol. The summed E-state index contributed by atoms with van der Waals surface area (Å²) < 4.78 is 11.4. The van der Waals surface area contributed by atoms with E-state index < -0.39 is 35.0 Å². The van der Waals surface area contributed by atoms with Crippen LogP contribution in [0.1, 0.15) is 165 Å². The maximum atomic E-state index is 14.8. The maximum absolute atomic E-state index is 14.8. The Morgan fingerprint density at radius 1 is 0.747 bits per heavy atom. The van der Waals surface area contributed by atoms with Crippen LogP contribution in [0.3, 0.4) is 0 Å². The highest BCUT2D eigenvalue weighted by Gasteiger charge is 2.46. The standard InChI is InChI=1S/C66H93ClN12O8/c1-64(2,3)86-62(84)73-66(27-34-76(35-28-66)58-53-23-29-68-57(53)69-44-70-58)61(83)71-54(46-17-19-51(67)20-18-46)26-31-74-36-38-75(39-37-74)41-45-24-32-77(33-25-45)60(82)56(47-12-8-7-9-13-47)72-59(81)49-15-10-14-48(40-49)50-16-11-30-78(42-50)55(80)43-79(52-21-22-52)63(85)87-65(4,5)6/h10,14-15,17-20,23,29,40,44-45,47,50,52,54,56H,7-9,11-13,16,21-22,24-28,30-39,41-43H2,1-6H3,(H,71,83)(H,72,81)(H,73,84)(H,68,69,70)/t50?,54-,56+/m0/s1. The van der Waals surface area contributed by atoms with Crippen LogP contribution in [0.15, 0.2) is 67.1 Å².